The summed E-state index contributed by atoms with van der Waals surface area (Å²) in [6, 6.07) is 19.3. The monoisotopic (exact) mass is 442 g/mol. The largest absolute Gasteiger partial charge is 0.457 e. The van der Waals surface area contributed by atoms with Crippen LogP contribution in [-0.2, 0) is 0 Å². The standard InChI is InChI=1S/C23H14N4O4S/c28-22-20(14-18-11-12-19(31-18)16-7-9-17(10-8-16)27(29)30)32-23-24-21(25-26(22)23)13-6-15-4-2-1-3-5-15/h1-14H. The number of thiazole rings is 1. The second kappa shape index (κ2) is 8.05. The molecule has 0 saturated heterocycles. The van der Waals surface area contributed by atoms with E-state index in [4.69, 9.17) is 4.42 Å². The van der Waals surface area contributed by atoms with Crippen molar-refractivity contribution >= 4 is 40.2 Å². The third-order valence-corrected chi connectivity index (χ3v) is 5.64. The van der Waals surface area contributed by atoms with Crippen LogP contribution in [0.15, 0.2) is 75.9 Å². The van der Waals surface area contributed by atoms with Gasteiger partial charge in [0.2, 0.25) is 4.96 Å². The van der Waals surface area contributed by atoms with Crippen LogP contribution < -0.4 is 10.1 Å². The average Bonchev–Trinajstić information content (AvgIpc) is 3.51. The Bertz CT molecular complexity index is 1560. The predicted octanol–water partition coefficient (Wildman–Crippen LogP) is 4.04. The highest BCUT2D eigenvalue weighted by Gasteiger charge is 2.11. The summed E-state index contributed by atoms with van der Waals surface area (Å²) >= 11 is 1.22. The Labute approximate surface area is 184 Å². The number of fused-ring (bicyclic) bond motifs is 1. The first kappa shape index (κ1) is 19.6. The summed E-state index contributed by atoms with van der Waals surface area (Å²) in [7, 11) is 0. The van der Waals surface area contributed by atoms with Gasteiger partial charge in [-0.05, 0) is 35.9 Å². The number of furan rings is 1. The fourth-order valence-electron chi connectivity index (χ4n) is 3.12. The van der Waals surface area contributed by atoms with E-state index >= 15 is 0 Å². The molecule has 5 aromatic rings. The van der Waals surface area contributed by atoms with Gasteiger partial charge in [0.25, 0.3) is 11.2 Å². The Balaban J connectivity index is 1.41. The molecule has 0 aliphatic rings. The van der Waals surface area contributed by atoms with Gasteiger partial charge in [-0.25, -0.2) is 0 Å². The van der Waals surface area contributed by atoms with Crippen LogP contribution in [0.1, 0.15) is 17.1 Å². The van der Waals surface area contributed by atoms with E-state index in [-0.39, 0.29) is 11.2 Å². The van der Waals surface area contributed by atoms with Crippen LogP contribution in [0.3, 0.4) is 0 Å². The lowest BCUT2D eigenvalue weighted by molar-refractivity contribution is -0.384. The molecular weight excluding hydrogens is 428 g/mol. The molecule has 156 valence electrons. The maximum absolute atomic E-state index is 12.7. The summed E-state index contributed by atoms with van der Waals surface area (Å²) in [5, 5.41) is 15.1. The Hall–Kier alpha value is -4.37. The number of nitrogens with zero attached hydrogens (tertiary/aromatic N) is 4. The van der Waals surface area contributed by atoms with E-state index in [9.17, 15) is 14.9 Å². The minimum Gasteiger partial charge on any atom is -0.457 e. The fraction of sp³-hybridized carbons (Fsp3) is 0. The number of rotatable bonds is 5. The van der Waals surface area contributed by atoms with Gasteiger partial charge in [0.1, 0.15) is 16.1 Å². The summed E-state index contributed by atoms with van der Waals surface area (Å²) in [6.07, 6.45) is 5.29. The summed E-state index contributed by atoms with van der Waals surface area (Å²) in [6.45, 7) is 0. The van der Waals surface area contributed by atoms with E-state index in [1.54, 1.807) is 36.4 Å². The van der Waals surface area contributed by atoms with E-state index in [1.807, 2.05) is 36.4 Å². The van der Waals surface area contributed by atoms with E-state index in [2.05, 4.69) is 10.1 Å². The first-order valence-electron chi connectivity index (χ1n) is 9.56. The Kier molecular flexibility index (Phi) is 4.92. The van der Waals surface area contributed by atoms with E-state index in [0.717, 1.165) is 5.56 Å². The third kappa shape index (κ3) is 3.84. The van der Waals surface area contributed by atoms with Crippen molar-refractivity contribution in [2.24, 2.45) is 0 Å². The van der Waals surface area contributed by atoms with Crippen LogP contribution in [0.2, 0.25) is 0 Å². The van der Waals surface area contributed by atoms with Crippen LogP contribution in [-0.4, -0.2) is 19.5 Å². The molecule has 32 heavy (non-hydrogen) atoms. The van der Waals surface area contributed by atoms with E-state index in [0.29, 0.717) is 32.4 Å². The first-order valence-corrected chi connectivity index (χ1v) is 10.4. The average molecular weight is 442 g/mol. The fourth-order valence-corrected chi connectivity index (χ4v) is 4.01. The summed E-state index contributed by atoms with van der Waals surface area (Å²) in [4.78, 5) is 28.0. The Morgan fingerprint density at radius 3 is 2.50 bits per heavy atom. The summed E-state index contributed by atoms with van der Waals surface area (Å²) in [5.41, 5.74) is 1.46. The minimum absolute atomic E-state index is 0.00972. The molecule has 0 atom stereocenters. The zero-order chi connectivity index (χ0) is 22.1. The highest BCUT2D eigenvalue weighted by Crippen LogP contribution is 2.24. The molecule has 9 heteroatoms. The molecule has 0 radical (unpaired) electrons. The molecule has 3 aromatic heterocycles. The van der Waals surface area contributed by atoms with Crippen molar-refractivity contribution in [1.82, 2.24) is 14.6 Å². The molecule has 5 rings (SSSR count). The maximum Gasteiger partial charge on any atom is 0.291 e. The van der Waals surface area contributed by atoms with Gasteiger partial charge in [-0.1, -0.05) is 47.7 Å². The van der Waals surface area contributed by atoms with Gasteiger partial charge in [0.15, 0.2) is 5.82 Å². The second-order valence-electron chi connectivity index (χ2n) is 6.83. The lowest BCUT2D eigenvalue weighted by Gasteiger charge is -1.96. The molecule has 0 unspecified atom stereocenters. The van der Waals surface area contributed by atoms with Crippen molar-refractivity contribution < 1.29 is 9.34 Å². The van der Waals surface area contributed by atoms with Crippen molar-refractivity contribution in [3.8, 4) is 11.3 Å². The molecule has 0 aliphatic carbocycles. The van der Waals surface area contributed by atoms with Crippen LogP contribution in [0.4, 0.5) is 5.69 Å². The lowest BCUT2D eigenvalue weighted by Crippen LogP contribution is -2.23. The molecule has 3 heterocycles. The van der Waals surface area contributed by atoms with Gasteiger partial charge in [-0.3, -0.25) is 14.9 Å². The molecule has 0 N–H and O–H groups in total. The molecule has 0 fully saturated rings. The molecular formula is C23H14N4O4S. The number of non-ortho nitro benzene ring substituents is 1. The van der Waals surface area contributed by atoms with Gasteiger partial charge in [-0.2, -0.15) is 9.50 Å². The smallest absolute Gasteiger partial charge is 0.291 e. The molecule has 8 nitrogen and oxygen atoms in total. The highest BCUT2D eigenvalue weighted by atomic mass is 32.1. The van der Waals surface area contributed by atoms with Crippen LogP contribution >= 0.6 is 11.3 Å². The molecule has 0 amide bonds. The van der Waals surface area contributed by atoms with Crippen molar-refractivity contribution in [1.29, 1.82) is 0 Å². The SMILES string of the molecule is O=c1c(=Cc2ccc(-c3ccc([N+](=O)[O-])cc3)o2)sc2nc(C=Cc3ccccc3)nn12. The first-order chi connectivity index (χ1) is 15.6. The number of benzene rings is 2. The Morgan fingerprint density at radius 1 is 1.00 bits per heavy atom. The third-order valence-electron chi connectivity index (χ3n) is 4.69. The van der Waals surface area contributed by atoms with Crippen LogP contribution in [0.5, 0.6) is 0 Å². The van der Waals surface area contributed by atoms with Crippen molar-refractivity contribution in [3.63, 3.8) is 0 Å². The van der Waals surface area contributed by atoms with Crippen LogP contribution in [0, 0.1) is 10.1 Å². The molecule has 0 saturated carbocycles. The second-order valence-corrected chi connectivity index (χ2v) is 7.84. The summed E-state index contributed by atoms with van der Waals surface area (Å²) < 4.78 is 7.52. The topological polar surface area (TPSA) is 104 Å². The van der Waals surface area contributed by atoms with Crippen molar-refractivity contribution in [2.45, 2.75) is 0 Å². The Morgan fingerprint density at radius 2 is 1.78 bits per heavy atom. The number of nitro benzene ring substituents is 1. The predicted molar refractivity (Wildman–Crippen MR) is 122 cm³/mol. The normalized spacial score (nSPS) is 12.2. The van der Waals surface area contributed by atoms with Crippen molar-refractivity contribution in [2.75, 3.05) is 0 Å². The van der Waals surface area contributed by atoms with E-state index in [1.165, 1.54) is 28.0 Å². The lowest BCUT2D eigenvalue weighted by atomic mass is 10.1. The summed E-state index contributed by atoms with van der Waals surface area (Å²) in [5.74, 6) is 1.50. The zero-order valence-electron chi connectivity index (χ0n) is 16.4. The highest BCUT2D eigenvalue weighted by molar-refractivity contribution is 7.15. The van der Waals surface area contributed by atoms with Gasteiger partial charge in [-0.15, -0.1) is 5.10 Å². The molecule has 0 aliphatic heterocycles. The molecule has 0 spiro atoms. The number of hydrogen-bond donors (Lipinski definition) is 0. The van der Waals surface area contributed by atoms with Gasteiger partial charge in [0, 0.05) is 23.8 Å². The zero-order valence-corrected chi connectivity index (χ0v) is 17.2. The quantitative estimate of drug-likeness (QED) is 0.301. The number of aromatic nitrogens is 3. The van der Waals surface area contributed by atoms with E-state index < -0.39 is 4.92 Å². The van der Waals surface area contributed by atoms with Crippen LogP contribution in [0.25, 0.3) is 34.5 Å². The van der Waals surface area contributed by atoms with Crippen molar-refractivity contribution in [3.05, 3.63) is 109 Å². The van der Waals surface area contributed by atoms with Gasteiger partial charge < -0.3 is 4.42 Å². The molecule has 0 bridgehead atoms. The van der Waals surface area contributed by atoms with Gasteiger partial charge >= 0.3 is 0 Å². The number of nitro groups is 1. The molecule has 2 aromatic carbocycles. The minimum atomic E-state index is -0.453. The van der Waals surface area contributed by atoms with Gasteiger partial charge in [0.05, 0.1) is 4.92 Å². The number of hydrogen-bond acceptors (Lipinski definition) is 7. The maximum atomic E-state index is 12.7.